The monoisotopic (exact) mass is 578 g/mol. The number of rotatable bonds is 6. The van der Waals surface area contributed by atoms with E-state index in [1.54, 1.807) is 18.2 Å². The number of sulfonamides is 1. The number of hydrogen-bond donors (Lipinski definition) is 4. The minimum atomic E-state index is -3.96. The normalized spacial score (nSPS) is 21.0. The van der Waals surface area contributed by atoms with Gasteiger partial charge in [-0.2, -0.15) is 4.31 Å². The third kappa shape index (κ3) is 4.99. The number of amides is 1. The van der Waals surface area contributed by atoms with Crippen molar-refractivity contribution < 1.29 is 28.3 Å². The van der Waals surface area contributed by atoms with Crippen molar-refractivity contribution in [1.29, 1.82) is 0 Å². The van der Waals surface area contributed by atoms with Crippen LogP contribution < -0.4 is 11.1 Å². The molecule has 2 aliphatic heterocycles. The molecule has 15 heteroatoms. The lowest BCUT2D eigenvalue weighted by atomic mass is 10.1. The number of aromatic nitrogens is 1. The molecule has 1 fully saturated rings. The molecule has 1 amide bonds. The molecule has 4 heterocycles. The van der Waals surface area contributed by atoms with Crippen LogP contribution in [0.15, 0.2) is 33.6 Å². The van der Waals surface area contributed by atoms with E-state index in [-0.39, 0.29) is 41.6 Å². The van der Waals surface area contributed by atoms with E-state index in [4.69, 9.17) is 10.9 Å². The molecule has 12 nitrogen and oxygen atoms in total. The van der Waals surface area contributed by atoms with Crippen molar-refractivity contribution in [1.82, 2.24) is 19.5 Å². The second-order valence-corrected chi connectivity index (χ2v) is 13.6. The van der Waals surface area contributed by atoms with Gasteiger partial charge in [0.05, 0.1) is 18.2 Å². The topological polar surface area (TPSA) is 179 Å². The van der Waals surface area contributed by atoms with Gasteiger partial charge in [-0.1, -0.05) is 5.16 Å². The van der Waals surface area contributed by atoms with Crippen LogP contribution in [0.3, 0.4) is 0 Å². The van der Waals surface area contributed by atoms with E-state index in [1.807, 2.05) is 6.92 Å². The summed E-state index contributed by atoms with van der Waals surface area (Å²) in [5, 5.41) is 25.7. The molecule has 5 rings (SSSR count). The predicted octanol–water partition coefficient (Wildman–Crippen LogP) is 1.48. The number of nitrogens with one attached hydrogen (secondary N) is 1. The Labute approximate surface area is 226 Å². The molecule has 202 valence electrons. The Bertz CT molecular complexity index is 1550. The van der Waals surface area contributed by atoms with Gasteiger partial charge in [0.25, 0.3) is 15.9 Å². The van der Waals surface area contributed by atoms with E-state index in [1.165, 1.54) is 26.6 Å². The Morgan fingerprint density at radius 1 is 1.26 bits per heavy atom. The number of carboxylic acid groups (broad SMARTS) is 1. The molecule has 1 saturated heterocycles. The van der Waals surface area contributed by atoms with Crippen LogP contribution in [0.5, 0.6) is 0 Å². The summed E-state index contributed by atoms with van der Waals surface area (Å²) < 4.78 is 29.1. The molecule has 5 N–H and O–H groups in total. The SMILES string of the molecule is CC1Cc2nc(C(=O)N3CCN(S(=O)(=O)c4cc5cc(/C(N)=N/O)ccc5s4)CC3CC(=O)O)sc2CN1. The molecule has 1 aromatic carbocycles. The van der Waals surface area contributed by atoms with Crippen molar-refractivity contribution in [3.05, 3.63) is 45.4 Å². The first-order valence-electron chi connectivity index (χ1n) is 11.8. The molecule has 2 unspecified atom stereocenters. The number of benzene rings is 1. The number of carboxylic acids is 1. The van der Waals surface area contributed by atoms with E-state index in [9.17, 15) is 23.1 Å². The fourth-order valence-corrected chi connectivity index (χ4v) is 8.70. The first kappa shape index (κ1) is 26.5. The highest BCUT2D eigenvalue weighted by Gasteiger charge is 2.39. The highest BCUT2D eigenvalue weighted by Crippen LogP contribution is 2.33. The van der Waals surface area contributed by atoms with Gasteiger partial charge in [0.2, 0.25) is 0 Å². The molecule has 3 aromatic rings. The lowest BCUT2D eigenvalue weighted by Crippen LogP contribution is -2.57. The minimum Gasteiger partial charge on any atom is -0.481 e. The summed E-state index contributed by atoms with van der Waals surface area (Å²) in [4.78, 5) is 32.0. The largest absolute Gasteiger partial charge is 0.481 e. The number of thiophene rings is 1. The van der Waals surface area contributed by atoms with Crippen LogP contribution in [0.1, 0.15) is 39.3 Å². The van der Waals surface area contributed by atoms with Crippen LogP contribution >= 0.6 is 22.7 Å². The summed E-state index contributed by atoms with van der Waals surface area (Å²) in [6, 6.07) is 5.88. The molecular formula is C23H26N6O6S3. The van der Waals surface area contributed by atoms with Crippen LogP contribution in [-0.2, 0) is 27.8 Å². The van der Waals surface area contributed by atoms with Crippen molar-refractivity contribution in [3.63, 3.8) is 0 Å². The zero-order valence-electron chi connectivity index (χ0n) is 20.3. The molecule has 2 aliphatic rings. The van der Waals surface area contributed by atoms with E-state index >= 15 is 0 Å². The second kappa shape index (κ2) is 10.2. The molecule has 0 aliphatic carbocycles. The molecular weight excluding hydrogens is 552 g/mol. The van der Waals surface area contributed by atoms with Gasteiger partial charge < -0.3 is 26.3 Å². The number of oxime groups is 1. The Morgan fingerprint density at radius 3 is 2.79 bits per heavy atom. The van der Waals surface area contributed by atoms with Gasteiger partial charge in [0, 0.05) is 53.8 Å². The summed E-state index contributed by atoms with van der Waals surface area (Å²) >= 11 is 2.37. The predicted molar refractivity (Wildman–Crippen MR) is 142 cm³/mol. The summed E-state index contributed by atoms with van der Waals surface area (Å²) in [5.41, 5.74) is 6.98. The number of hydrogen-bond acceptors (Lipinski definition) is 10. The number of carbonyl (C=O) groups excluding carboxylic acids is 1. The average Bonchev–Trinajstić information content (AvgIpc) is 3.51. The molecule has 0 radical (unpaired) electrons. The number of piperazine rings is 1. The van der Waals surface area contributed by atoms with Crippen molar-refractivity contribution in [2.24, 2.45) is 10.9 Å². The van der Waals surface area contributed by atoms with Crippen molar-refractivity contribution in [3.8, 4) is 0 Å². The number of nitrogens with zero attached hydrogens (tertiary/aromatic N) is 4. The van der Waals surface area contributed by atoms with E-state index < -0.39 is 28.5 Å². The minimum absolute atomic E-state index is 0.0253. The Hall–Kier alpha value is -3.11. The maximum atomic E-state index is 13.6. The molecule has 0 spiro atoms. The number of aliphatic carboxylic acids is 1. The number of carbonyl (C=O) groups is 2. The molecule has 38 heavy (non-hydrogen) atoms. The van der Waals surface area contributed by atoms with Crippen molar-refractivity contribution >= 4 is 60.5 Å². The maximum Gasteiger partial charge on any atom is 0.305 e. The van der Waals surface area contributed by atoms with Crippen molar-refractivity contribution in [2.75, 3.05) is 19.6 Å². The summed E-state index contributed by atoms with van der Waals surface area (Å²) in [7, 11) is -3.96. The van der Waals surface area contributed by atoms with E-state index in [0.29, 0.717) is 33.6 Å². The van der Waals surface area contributed by atoms with Crippen molar-refractivity contribution in [2.45, 2.75) is 42.6 Å². The quantitative estimate of drug-likeness (QED) is 0.146. The number of amidine groups is 1. The van der Waals surface area contributed by atoms with Crippen LogP contribution in [-0.4, -0.2) is 82.4 Å². The van der Waals surface area contributed by atoms with Gasteiger partial charge >= 0.3 is 5.97 Å². The molecule has 0 bridgehead atoms. The lowest BCUT2D eigenvalue weighted by molar-refractivity contribution is -0.138. The highest BCUT2D eigenvalue weighted by atomic mass is 32.2. The van der Waals surface area contributed by atoms with Crippen LogP contribution in [0.4, 0.5) is 0 Å². The summed E-state index contributed by atoms with van der Waals surface area (Å²) in [5.74, 6) is -1.59. The standard InChI is InChI=1S/C23H26N6O6S3/c1-12-6-16-18(10-25-12)37-22(26-16)23(32)29-5-4-28(11-15(29)9-19(30)31)38(34,35)20-8-14-7-13(21(24)27-33)2-3-17(14)36-20/h2-3,7-8,12,15,25,33H,4-6,9-11H2,1H3,(H2,24,27)(H,30,31). The van der Waals surface area contributed by atoms with Gasteiger partial charge in [-0.15, -0.1) is 22.7 Å². The first-order chi connectivity index (χ1) is 18.1. The number of fused-ring (bicyclic) bond motifs is 2. The Kier molecular flexibility index (Phi) is 7.13. The smallest absolute Gasteiger partial charge is 0.305 e. The fourth-order valence-electron chi connectivity index (χ4n) is 4.70. The maximum absolute atomic E-state index is 13.6. The van der Waals surface area contributed by atoms with Gasteiger partial charge in [-0.05, 0) is 36.6 Å². The summed E-state index contributed by atoms with van der Waals surface area (Å²) in [6.45, 7) is 2.60. The van der Waals surface area contributed by atoms with Gasteiger partial charge in [-0.3, -0.25) is 9.59 Å². The van der Waals surface area contributed by atoms with Crippen LogP contribution in [0, 0.1) is 0 Å². The summed E-state index contributed by atoms with van der Waals surface area (Å²) in [6.07, 6.45) is 0.316. The van der Waals surface area contributed by atoms with Gasteiger partial charge in [0.15, 0.2) is 10.8 Å². The molecule has 2 aromatic heterocycles. The van der Waals surface area contributed by atoms with Crippen LogP contribution in [0.25, 0.3) is 10.1 Å². The Balaban J connectivity index is 1.39. The third-order valence-electron chi connectivity index (χ3n) is 6.68. The lowest BCUT2D eigenvalue weighted by Gasteiger charge is -2.39. The molecule has 0 saturated carbocycles. The van der Waals surface area contributed by atoms with Crippen LogP contribution in [0.2, 0.25) is 0 Å². The zero-order chi connectivity index (χ0) is 27.2. The highest BCUT2D eigenvalue weighted by molar-refractivity contribution is 7.91. The third-order valence-corrected chi connectivity index (χ3v) is 11.2. The zero-order valence-corrected chi connectivity index (χ0v) is 22.8. The van der Waals surface area contributed by atoms with E-state index in [0.717, 1.165) is 21.9 Å². The average molecular weight is 579 g/mol. The van der Waals surface area contributed by atoms with Gasteiger partial charge in [-0.25, -0.2) is 13.4 Å². The number of nitrogens with two attached hydrogens (primary N) is 1. The van der Waals surface area contributed by atoms with Gasteiger partial charge in [0.1, 0.15) is 4.21 Å². The first-order valence-corrected chi connectivity index (χ1v) is 14.9. The second-order valence-electron chi connectivity index (χ2n) is 9.29. The molecule has 2 atom stereocenters. The number of thiazole rings is 1. The Morgan fingerprint density at radius 2 is 2.05 bits per heavy atom. The fraction of sp³-hybridized carbons (Fsp3) is 0.391. The van der Waals surface area contributed by atoms with E-state index in [2.05, 4.69) is 15.5 Å².